The number of rotatable bonds is 10. The van der Waals surface area contributed by atoms with Gasteiger partial charge < -0.3 is 10.1 Å². The highest BCUT2D eigenvalue weighted by atomic mass is 32.2. The molecule has 0 saturated carbocycles. The number of hydrogen-bond donors (Lipinski definition) is 1. The van der Waals surface area contributed by atoms with Crippen LogP contribution in [0.25, 0.3) is 0 Å². The maximum Gasteiger partial charge on any atom is 0.210 e. The molecule has 0 amide bonds. The van der Waals surface area contributed by atoms with Crippen molar-refractivity contribution in [1.82, 2.24) is 10.2 Å². The third-order valence-corrected chi connectivity index (χ3v) is 7.13. The average Bonchev–Trinajstić information content (AvgIpc) is 3.20. The maximum atomic E-state index is 13.3. The number of ketones is 1. The van der Waals surface area contributed by atoms with Crippen LogP contribution < -0.4 is 10.1 Å². The molecule has 0 fully saturated rings. The van der Waals surface area contributed by atoms with Crippen LogP contribution in [-0.4, -0.2) is 27.8 Å². The van der Waals surface area contributed by atoms with E-state index in [0.29, 0.717) is 17.7 Å². The van der Waals surface area contributed by atoms with Crippen molar-refractivity contribution in [3.8, 4) is 5.75 Å². The molecule has 0 saturated heterocycles. The van der Waals surface area contributed by atoms with Crippen molar-refractivity contribution in [2.75, 3.05) is 11.9 Å². The molecular formula is C25H31N3O2S2. The minimum absolute atomic E-state index is 0.125. The van der Waals surface area contributed by atoms with Gasteiger partial charge in [0.25, 0.3) is 0 Å². The summed E-state index contributed by atoms with van der Waals surface area (Å²) in [5, 5.41) is 12.2. The summed E-state index contributed by atoms with van der Waals surface area (Å²) in [4.78, 5) is 13.3. The number of carbonyl (C=O) groups excluding carboxylic acids is 1. The molecule has 0 bridgehead atoms. The van der Waals surface area contributed by atoms with E-state index in [9.17, 15) is 4.79 Å². The van der Waals surface area contributed by atoms with Crippen LogP contribution in [0.1, 0.15) is 74.9 Å². The van der Waals surface area contributed by atoms with Crippen LogP contribution in [0.3, 0.4) is 0 Å². The fourth-order valence-electron chi connectivity index (χ4n) is 3.34. The largest absolute Gasteiger partial charge is 0.492 e. The van der Waals surface area contributed by atoms with Crippen LogP contribution in [0.4, 0.5) is 10.8 Å². The van der Waals surface area contributed by atoms with Crippen molar-refractivity contribution in [1.29, 1.82) is 0 Å². The fourth-order valence-corrected chi connectivity index (χ4v) is 5.32. The van der Waals surface area contributed by atoms with Gasteiger partial charge in [0.1, 0.15) is 5.75 Å². The second-order valence-corrected chi connectivity index (χ2v) is 10.8. The first-order chi connectivity index (χ1) is 15.3. The maximum absolute atomic E-state index is 13.3. The van der Waals surface area contributed by atoms with Crippen LogP contribution in [0.5, 0.6) is 5.75 Å². The fraction of sp³-hybridized carbons (Fsp3) is 0.400. The Morgan fingerprint density at radius 3 is 2.50 bits per heavy atom. The topological polar surface area (TPSA) is 64.1 Å². The number of aromatic nitrogens is 2. The molecule has 0 unspecified atom stereocenters. The number of nitrogens with zero attached hydrogens (tertiary/aromatic N) is 2. The van der Waals surface area contributed by atoms with Crippen molar-refractivity contribution in [3.05, 3.63) is 59.2 Å². The van der Waals surface area contributed by atoms with Crippen LogP contribution in [0.2, 0.25) is 0 Å². The quantitative estimate of drug-likeness (QED) is 0.248. The molecule has 0 aliphatic rings. The smallest absolute Gasteiger partial charge is 0.210 e. The molecule has 3 rings (SSSR count). The van der Waals surface area contributed by atoms with E-state index in [1.54, 1.807) is 0 Å². The molecule has 1 N–H and O–H groups in total. The Balaban J connectivity index is 1.73. The van der Waals surface area contributed by atoms with E-state index in [4.69, 9.17) is 4.74 Å². The van der Waals surface area contributed by atoms with Crippen molar-refractivity contribution in [2.24, 2.45) is 0 Å². The molecule has 5 nitrogen and oxygen atoms in total. The highest BCUT2D eigenvalue weighted by Crippen LogP contribution is 2.35. The van der Waals surface area contributed by atoms with Crippen molar-refractivity contribution >= 4 is 39.7 Å². The van der Waals surface area contributed by atoms with Crippen molar-refractivity contribution < 1.29 is 9.53 Å². The molecule has 7 heteroatoms. The zero-order valence-electron chi connectivity index (χ0n) is 19.5. The third kappa shape index (κ3) is 5.90. The first-order valence-corrected chi connectivity index (χ1v) is 12.7. The molecule has 1 atom stereocenters. The summed E-state index contributed by atoms with van der Waals surface area (Å²) < 4.78 is 6.42. The van der Waals surface area contributed by atoms with Gasteiger partial charge in [0.2, 0.25) is 5.13 Å². The minimum Gasteiger partial charge on any atom is -0.492 e. The third-order valence-electron chi connectivity index (χ3n) is 5.11. The van der Waals surface area contributed by atoms with Gasteiger partial charge in [-0.25, -0.2) is 0 Å². The highest BCUT2D eigenvalue weighted by molar-refractivity contribution is 8.02. The molecule has 170 valence electrons. The summed E-state index contributed by atoms with van der Waals surface area (Å²) in [6.07, 6.45) is 0. The molecule has 0 radical (unpaired) electrons. The van der Waals surface area contributed by atoms with E-state index in [1.807, 2.05) is 44.2 Å². The number of anilines is 2. The van der Waals surface area contributed by atoms with E-state index in [1.165, 1.54) is 28.7 Å². The van der Waals surface area contributed by atoms with E-state index < -0.39 is 0 Å². The molecule has 1 aromatic heterocycles. The molecule has 32 heavy (non-hydrogen) atoms. The minimum atomic E-state index is -0.256. The first-order valence-electron chi connectivity index (χ1n) is 11.0. The molecule has 2 aromatic carbocycles. The van der Waals surface area contributed by atoms with Gasteiger partial charge in [-0.15, -0.1) is 10.2 Å². The Morgan fingerprint density at radius 1 is 1.06 bits per heavy atom. The van der Waals surface area contributed by atoms with E-state index >= 15 is 0 Å². The van der Waals surface area contributed by atoms with E-state index in [-0.39, 0.29) is 17.0 Å². The summed E-state index contributed by atoms with van der Waals surface area (Å²) in [5.41, 5.74) is 4.02. The predicted octanol–water partition coefficient (Wildman–Crippen LogP) is 7.29. The predicted molar refractivity (Wildman–Crippen MR) is 135 cm³/mol. The highest BCUT2D eigenvalue weighted by Gasteiger charge is 2.23. The van der Waals surface area contributed by atoms with Gasteiger partial charge in [0.05, 0.1) is 17.5 Å². The molecule has 3 aromatic rings. The lowest BCUT2D eigenvalue weighted by Gasteiger charge is -2.17. The second-order valence-electron chi connectivity index (χ2n) is 8.21. The van der Waals surface area contributed by atoms with E-state index in [2.05, 4.69) is 55.3 Å². The Morgan fingerprint density at radius 2 is 1.81 bits per heavy atom. The van der Waals surface area contributed by atoms with Crippen molar-refractivity contribution in [2.45, 2.75) is 63.0 Å². The molecule has 1 heterocycles. The Kier molecular flexibility index (Phi) is 8.32. The number of Topliss-reactive ketones (excluding diaryl/α,β-unsaturated/α-hetero) is 1. The molecule has 0 spiro atoms. The SMILES string of the molecule is CCOc1ccccc1Nc1nnc(S[C@H](C)C(=O)c2ccc(C(C)C)cc2C(C)C)s1. The molecular weight excluding hydrogens is 438 g/mol. The van der Waals surface area contributed by atoms with Gasteiger partial charge in [-0.1, -0.05) is 81.1 Å². The monoisotopic (exact) mass is 469 g/mol. The van der Waals surface area contributed by atoms with Gasteiger partial charge in [-0.05, 0) is 48.9 Å². The Bertz CT molecular complexity index is 1060. The zero-order valence-corrected chi connectivity index (χ0v) is 21.1. The van der Waals surface area contributed by atoms with Gasteiger partial charge in [0.15, 0.2) is 10.1 Å². The number of benzene rings is 2. The number of hydrogen-bond acceptors (Lipinski definition) is 7. The van der Waals surface area contributed by atoms with Crippen LogP contribution in [0.15, 0.2) is 46.8 Å². The van der Waals surface area contributed by atoms with Crippen LogP contribution in [-0.2, 0) is 0 Å². The summed E-state index contributed by atoms with van der Waals surface area (Å²) in [6.45, 7) is 13.1. The van der Waals surface area contributed by atoms with Gasteiger partial charge in [-0.3, -0.25) is 4.79 Å². The number of nitrogens with one attached hydrogen (secondary N) is 1. The Hall–Kier alpha value is -2.38. The summed E-state index contributed by atoms with van der Waals surface area (Å²) in [7, 11) is 0. The number of carbonyl (C=O) groups is 1. The molecule has 0 aliphatic heterocycles. The number of para-hydroxylation sites is 2. The first kappa shape index (κ1) is 24.3. The average molecular weight is 470 g/mol. The standard InChI is InChI=1S/C25H31N3O2S2/c1-7-30-22-11-9-8-10-21(22)26-24-27-28-25(32-24)31-17(6)23(29)19-13-12-18(15(2)3)14-20(19)16(4)5/h8-17H,7H2,1-6H3,(H,26,27)/t17-/m1/s1. The normalized spacial score (nSPS) is 12.2. The Labute approximate surface area is 199 Å². The number of ether oxygens (including phenoxy) is 1. The van der Waals surface area contributed by atoms with Crippen LogP contribution >= 0.6 is 23.1 Å². The van der Waals surface area contributed by atoms with Gasteiger partial charge in [0, 0.05) is 5.56 Å². The van der Waals surface area contributed by atoms with Crippen molar-refractivity contribution in [3.63, 3.8) is 0 Å². The number of thioether (sulfide) groups is 1. The summed E-state index contributed by atoms with van der Waals surface area (Å²) >= 11 is 2.88. The van der Waals surface area contributed by atoms with E-state index in [0.717, 1.165) is 26.9 Å². The summed E-state index contributed by atoms with van der Waals surface area (Å²) in [5.74, 6) is 1.62. The molecule has 0 aliphatic carbocycles. The lowest BCUT2D eigenvalue weighted by atomic mass is 9.89. The lowest BCUT2D eigenvalue weighted by Crippen LogP contribution is -2.16. The second kappa shape index (κ2) is 11.0. The van der Waals surface area contributed by atoms with Gasteiger partial charge in [-0.2, -0.15) is 0 Å². The zero-order chi connectivity index (χ0) is 23.3. The van der Waals surface area contributed by atoms with Crippen LogP contribution in [0, 0.1) is 0 Å². The lowest BCUT2D eigenvalue weighted by molar-refractivity contribution is 0.0992. The summed E-state index contributed by atoms with van der Waals surface area (Å²) in [6, 6.07) is 14.0. The van der Waals surface area contributed by atoms with Gasteiger partial charge >= 0.3 is 0 Å².